The van der Waals surface area contributed by atoms with Crippen molar-refractivity contribution < 1.29 is 34.7 Å². The van der Waals surface area contributed by atoms with Crippen molar-refractivity contribution in [3.8, 4) is 0 Å². The van der Waals surface area contributed by atoms with Crippen LogP contribution in [0.15, 0.2) is 11.8 Å². The molecule has 0 radical (unpaired) electrons. The molecule has 0 spiro atoms. The van der Waals surface area contributed by atoms with E-state index in [4.69, 9.17) is 14.6 Å². The number of ketones is 1. The lowest BCUT2D eigenvalue weighted by molar-refractivity contribution is -0.288. The SMILES string of the molecule is C/C(=C\O[C@@H]1O[C@H](CO)[C@@H](O)[C@H](O)[C@H]1O)[C@@H]1CC[C@H](C)CC1=O. The van der Waals surface area contributed by atoms with Crippen LogP contribution in [0.4, 0.5) is 0 Å². The molecule has 1 saturated carbocycles. The van der Waals surface area contributed by atoms with Crippen LogP contribution in [-0.2, 0) is 14.3 Å². The van der Waals surface area contributed by atoms with E-state index in [9.17, 15) is 20.1 Å². The number of ether oxygens (including phenoxy) is 2. The minimum atomic E-state index is -1.48. The molecule has 1 aliphatic heterocycles. The summed E-state index contributed by atoms with van der Waals surface area (Å²) in [5.74, 6) is 0.379. The van der Waals surface area contributed by atoms with Gasteiger partial charge in [0.1, 0.15) is 30.2 Å². The number of carbonyl (C=O) groups excluding carboxylic acids is 1. The average molecular weight is 330 g/mol. The molecule has 7 heteroatoms. The number of hydrogen-bond donors (Lipinski definition) is 4. The normalized spacial score (nSPS) is 42.6. The summed E-state index contributed by atoms with van der Waals surface area (Å²) in [6, 6.07) is 0. The summed E-state index contributed by atoms with van der Waals surface area (Å²) in [7, 11) is 0. The van der Waals surface area contributed by atoms with Gasteiger partial charge in [0.2, 0.25) is 6.29 Å². The molecule has 0 aromatic carbocycles. The predicted octanol–water partition coefficient (Wildman–Crippen LogP) is -0.288. The Morgan fingerprint density at radius 1 is 1.26 bits per heavy atom. The Hall–Kier alpha value is -0.990. The minimum Gasteiger partial charge on any atom is -0.470 e. The lowest BCUT2D eigenvalue weighted by Crippen LogP contribution is -2.58. The molecule has 1 aliphatic carbocycles. The number of rotatable bonds is 4. The highest BCUT2D eigenvalue weighted by atomic mass is 16.7. The van der Waals surface area contributed by atoms with Gasteiger partial charge in [-0.15, -0.1) is 0 Å². The van der Waals surface area contributed by atoms with Gasteiger partial charge in [-0.05, 0) is 31.3 Å². The first kappa shape index (κ1) is 18.4. The van der Waals surface area contributed by atoms with Crippen LogP contribution in [0.5, 0.6) is 0 Å². The van der Waals surface area contributed by atoms with Crippen molar-refractivity contribution in [2.45, 2.75) is 63.8 Å². The highest BCUT2D eigenvalue weighted by Gasteiger charge is 2.44. The molecular formula is C16H26O7. The molecule has 2 aliphatic rings. The third kappa shape index (κ3) is 4.10. The summed E-state index contributed by atoms with van der Waals surface area (Å²) in [6.07, 6.45) is -2.90. The molecule has 7 nitrogen and oxygen atoms in total. The first-order chi connectivity index (χ1) is 10.8. The van der Waals surface area contributed by atoms with E-state index in [0.717, 1.165) is 18.4 Å². The van der Waals surface area contributed by atoms with Crippen LogP contribution in [0.3, 0.4) is 0 Å². The second kappa shape index (κ2) is 7.72. The predicted molar refractivity (Wildman–Crippen MR) is 80.1 cm³/mol. The van der Waals surface area contributed by atoms with Gasteiger partial charge in [0, 0.05) is 12.3 Å². The van der Waals surface area contributed by atoms with Gasteiger partial charge in [-0.2, -0.15) is 0 Å². The lowest BCUT2D eigenvalue weighted by Gasteiger charge is -2.39. The van der Waals surface area contributed by atoms with E-state index >= 15 is 0 Å². The number of aliphatic hydroxyl groups excluding tert-OH is 4. The van der Waals surface area contributed by atoms with E-state index in [2.05, 4.69) is 6.92 Å². The Labute approximate surface area is 135 Å². The first-order valence-corrected chi connectivity index (χ1v) is 8.00. The van der Waals surface area contributed by atoms with Gasteiger partial charge < -0.3 is 29.9 Å². The highest BCUT2D eigenvalue weighted by molar-refractivity contribution is 5.84. The van der Waals surface area contributed by atoms with Crippen molar-refractivity contribution in [3.05, 3.63) is 11.8 Å². The van der Waals surface area contributed by atoms with Crippen LogP contribution < -0.4 is 0 Å². The molecule has 4 N–H and O–H groups in total. The van der Waals surface area contributed by atoms with E-state index in [1.165, 1.54) is 6.26 Å². The van der Waals surface area contributed by atoms with Crippen LogP contribution in [0.1, 0.15) is 33.1 Å². The summed E-state index contributed by atoms with van der Waals surface area (Å²) in [6.45, 7) is 3.33. The largest absolute Gasteiger partial charge is 0.470 e. The summed E-state index contributed by atoms with van der Waals surface area (Å²) < 4.78 is 10.6. The molecule has 7 atom stereocenters. The van der Waals surface area contributed by atoms with Crippen molar-refractivity contribution in [1.82, 2.24) is 0 Å². The Morgan fingerprint density at radius 2 is 1.96 bits per heavy atom. The number of carbonyl (C=O) groups is 1. The van der Waals surface area contributed by atoms with E-state index in [-0.39, 0.29) is 11.7 Å². The average Bonchev–Trinajstić information content (AvgIpc) is 2.51. The van der Waals surface area contributed by atoms with Crippen LogP contribution in [0.2, 0.25) is 0 Å². The zero-order chi connectivity index (χ0) is 17.1. The van der Waals surface area contributed by atoms with Gasteiger partial charge in [-0.3, -0.25) is 4.79 Å². The zero-order valence-electron chi connectivity index (χ0n) is 13.5. The van der Waals surface area contributed by atoms with Crippen LogP contribution in [0.25, 0.3) is 0 Å². The molecule has 2 rings (SSSR count). The van der Waals surface area contributed by atoms with Gasteiger partial charge in [0.15, 0.2) is 0 Å². The van der Waals surface area contributed by atoms with Gasteiger partial charge in [0.05, 0.1) is 12.9 Å². The molecule has 0 unspecified atom stereocenters. The van der Waals surface area contributed by atoms with E-state index in [1.807, 2.05) is 0 Å². The fourth-order valence-electron chi connectivity index (χ4n) is 3.12. The second-order valence-corrected chi connectivity index (χ2v) is 6.60. The van der Waals surface area contributed by atoms with Gasteiger partial charge in [-0.25, -0.2) is 0 Å². The van der Waals surface area contributed by atoms with Crippen molar-refractivity contribution >= 4 is 5.78 Å². The maximum atomic E-state index is 12.1. The molecule has 23 heavy (non-hydrogen) atoms. The van der Waals surface area contributed by atoms with Crippen molar-refractivity contribution in [2.24, 2.45) is 11.8 Å². The van der Waals surface area contributed by atoms with Crippen molar-refractivity contribution in [2.75, 3.05) is 6.61 Å². The van der Waals surface area contributed by atoms with E-state index < -0.39 is 37.3 Å². The number of allylic oxidation sites excluding steroid dienone is 1. The third-order valence-corrected chi connectivity index (χ3v) is 4.67. The quantitative estimate of drug-likeness (QED) is 0.523. The lowest BCUT2D eigenvalue weighted by atomic mass is 9.79. The van der Waals surface area contributed by atoms with Crippen molar-refractivity contribution in [1.29, 1.82) is 0 Å². The molecule has 132 valence electrons. The molecule has 0 aromatic rings. The Morgan fingerprint density at radius 3 is 2.57 bits per heavy atom. The summed E-state index contributed by atoms with van der Waals surface area (Å²) in [5.41, 5.74) is 0.735. The van der Waals surface area contributed by atoms with E-state index in [1.54, 1.807) is 6.92 Å². The Bertz CT molecular complexity index is 448. The van der Waals surface area contributed by atoms with E-state index in [0.29, 0.717) is 12.3 Å². The molecule has 0 aromatic heterocycles. The van der Waals surface area contributed by atoms with Crippen molar-refractivity contribution in [3.63, 3.8) is 0 Å². The van der Waals surface area contributed by atoms with Gasteiger partial charge in [0.25, 0.3) is 0 Å². The van der Waals surface area contributed by atoms with Crippen LogP contribution in [0, 0.1) is 11.8 Å². The topological polar surface area (TPSA) is 116 Å². The molecule has 1 heterocycles. The number of aliphatic hydroxyl groups is 4. The standard InChI is InChI=1S/C16H26O7/c1-8-3-4-10(11(18)5-8)9(2)7-22-16-15(21)14(20)13(19)12(6-17)23-16/h7-8,10,12-17,19-21H,3-6H2,1-2H3/b9-7+/t8-,10-,12+,13+,14-,15+,16+/m0/s1. The third-order valence-electron chi connectivity index (χ3n) is 4.67. The monoisotopic (exact) mass is 330 g/mol. The molecule has 0 bridgehead atoms. The summed E-state index contributed by atoms with van der Waals surface area (Å²) in [5, 5.41) is 38.4. The fourth-order valence-corrected chi connectivity index (χ4v) is 3.12. The fraction of sp³-hybridized carbons (Fsp3) is 0.812. The minimum absolute atomic E-state index is 0.176. The highest BCUT2D eigenvalue weighted by Crippen LogP contribution is 2.31. The smallest absolute Gasteiger partial charge is 0.228 e. The number of hydrogen-bond acceptors (Lipinski definition) is 7. The summed E-state index contributed by atoms with van der Waals surface area (Å²) >= 11 is 0. The summed E-state index contributed by atoms with van der Waals surface area (Å²) in [4.78, 5) is 12.1. The Kier molecular flexibility index (Phi) is 6.16. The molecular weight excluding hydrogens is 304 g/mol. The second-order valence-electron chi connectivity index (χ2n) is 6.60. The first-order valence-electron chi connectivity index (χ1n) is 8.00. The van der Waals surface area contributed by atoms with Gasteiger partial charge in [-0.1, -0.05) is 6.92 Å². The maximum Gasteiger partial charge on any atom is 0.228 e. The van der Waals surface area contributed by atoms with Crippen LogP contribution in [-0.4, -0.2) is 63.5 Å². The van der Waals surface area contributed by atoms with Crippen LogP contribution >= 0.6 is 0 Å². The Balaban J connectivity index is 1.99. The molecule has 2 fully saturated rings. The zero-order valence-corrected chi connectivity index (χ0v) is 13.5. The van der Waals surface area contributed by atoms with Gasteiger partial charge >= 0.3 is 0 Å². The molecule has 0 amide bonds. The molecule has 1 saturated heterocycles. The number of Topliss-reactive ketones (excluding diaryl/α,β-unsaturated/α-hetero) is 1. The maximum absolute atomic E-state index is 12.1.